The Labute approximate surface area is 142 Å². The molecule has 0 bridgehead atoms. The molecule has 25 heavy (non-hydrogen) atoms. The second kappa shape index (κ2) is 6.09. The quantitative estimate of drug-likeness (QED) is 0.606. The molecular formula is C19H14N4O2. The van der Waals surface area contributed by atoms with E-state index >= 15 is 0 Å². The summed E-state index contributed by atoms with van der Waals surface area (Å²) in [5, 5.41) is 2.80. The third-order valence-corrected chi connectivity index (χ3v) is 3.90. The zero-order valence-electron chi connectivity index (χ0n) is 13.1. The third-order valence-electron chi connectivity index (χ3n) is 3.90. The monoisotopic (exact) mass is 330 g/mol. The summed E-state index contributed by atoms with van der Waals surface area (Å²) < 4.78 is 1.99. The highest BCUT2D eigenvalue weighted by atomic mass is 16.1. The lowest BCUT2D eigenvalue weighted by atomic mass is 10.2. The van der Waals surface area contributed by atoms with E-state index in [2.05, 4.69) is 15.3 Å². The van der Waals surface area contributed by atoms with E-state index in [1.54, 1.807) is 6.33 Å². The number of imidazole rings is 1. The van der Waals surface area contributed by atoms with E-state index in [0.29, 0.717) is 11.3 Å². The lowest BCUT2D eigenvalue weighted by Gasteiger charge is -2.08. The van der Waals surface area contributed by atoms with Crippen LogP contribution in [-0.4, -0.2) is 20.4 Å². The number of aromatic amines is 1. The number of carbonyl (C=O) groups is 1. The summed E-state index contributed by atoms with van der Waals surface area (Å²) in [6, 6.07) is 18.2. The lowest BCUT2D eigenvalue weighted by molar-refractivity contribution is 0.102. The molecule has 0 fully saturated rings. The summed E-state index contributed by atoms with van der Waals surface area (Å²) in [4.78, 5) is 30.1. The van der Waals surface area contributed by atoms with Crippen LogP contribution in [0.1, 0.15) is 10.4 Å². The minimum atomic E-state index is -0.280. The number of amides is 1. The molecule has 6 heteroatoms. The van der Waals surface area contributed by atoms with Crippen molar-refractivity contribution in [2.45, 2.75) is 0 Å². The zero-order valence-corrected chi connectivity index (χ0v) is 13.1. The fraction of sp³-hybridized carbons (Fsp3) is 0. The van der Waals surface area contributed by atoms with Crippen molar-refractivity contribution in [2.24, 2.45) is 0 Å². The first kappa shape index (κ1) is 14.9. The van der Waals surface area contributed by atoms with Crippen molar-refractivity contribution in [3.05, 3.63) is 89.1 Å². The largest absolute Gasteiger partial charge is 0.328 e. The minimum Gasteiger partial charge on any atom is -0.328 e. The van der Waals surface area contributed by atoms with Crippen LogP contribution in [0.3, 0.4) is 0 Å². The van der Waals surface area contributed by atoms with E-state index in [1.807, 2.05) is 53.1 Å². The van der Waals surface area contributed by atoms with Gasteiger partial charge in [0.2, 0.25) is 5.56 Å². The minimum absolute atomic E-state index is 0.242. The fourth-order valence-electron chi connectivity index (χ4n) is 2.63. The number of anilines is 1. The average Bonchev–Trinajstić information content (AvgIpc) is 3.07. The molecule has 0 atom stereocenters. The Bertz CT molecular complexity index is 1090. The first-order valence-corrected chi connectivity index (χ1v) is 7.73. The predicted octanol–water partition coefficient (Wildman–Crippen LogP) is 2.97. The van der Waals surface area contributed by atoms with Crippen molar-refractivity contribution in [1.29, 1.82) is 0 Å². The van der Waals surface area contributed by atoms with Gasteiger partial charge in [0.15, 0.2) is 0 Å². The van der Waals surface area contributed by atoms with Gasteiger partial charge < -0.3 is 10.3 Å². The second-order valence-corrected chi connectivity index (χ2v) is 5.55. The molecule has 0 saturated carbocycles. The van der Waals surface area contributed by atoms with Crippen LogP contribution >= 0.6 is 0 Å². The third kappa shape index (κ3) is 2.92. The number of benzene rings is 2. The molecule has 0 spiro atoms. The van der Waals surface area contributed by atoms with Crippen LogP contribution in [0.15, 0.2) is 78.0 Å². The molecule has 0 aliphatic rings. The van der Waals surface area contributed by atoms with E-state index < -0.39 is 0 Å². The Hall–Kier alpha value is -3.67. The summed E-state index contributed by atoms with van der Waals surface area (Å²) in [5.74, 6) is -0.280. The normalized spacial score (nSPS) is 10.7. The molecule has 2 aromatic heterocycles. The molecular weight excluding hydrogens is 316 g/mol. The number of hydrogen-bond donors (Lipinski definition) is 2. The maximum atomic E-state index is 12.2. The first-order valence-electron chi connectivity index (χ1n) is 7.73. The molecule has 122 valence electrons. The van der Waals surface area contributed by atoms with Crippen LogP contribution in [0, 0.1) is 0 Å². The highest BCUT2D eigenvalue weighted by Gasteiger charge is 2.07. The van der Waals surface area contributed by atoms with Gasteiger partial charge in [-0.15, -0.1) is 0 Å². The van der Waals surface area contributed by atoms with E-state index in [0.717, 1.165) is 16.7 Å². The smallest absolute Gasteiger partial charge is 0.257 e. The van der Waals surface area contributed by atoms with Crippen molar-refractivity contribution in [3.63, 3.8) is 0 Å². The van der Waals surface area contributed by atoms with Crippen molar-refractivity contribution in [1.82, 2.24) is 14.5 Å². The van der Waals surface area contributed by atoms with Crippen LogP contribution < -0.4 is 10.9 Å². The number of nitrogens with zero attached hydrogens (tertiary/aromatic N) is 2. The summed E-state index contributed by atoms with van der Waals surface area (Å²) in [6.45, 7) is 0. The lowest BCUT2D eigenvalue weighted by Crippen LogP contribution is -2.14. The fourth-order valence-corrected chi connectivity index (χ4v) is 2.63. The van der Waals surface area contributed by atoms with Crippen molar-refractivity contribution < 1.29 is 4.79 Å². The molecule has 0 saturated heterocycles. The molecule has 2 aromatic carbocycles. The summed E-state index contributed by atoms with van der Waals surface area (Å²) >= 11 is 0. The molecule has 2 heterocycles. The van der Waals surface area contributed by atoms with Gasteiger partial charge in [-0.2, -0.15) is 0 Å². The Morgan fingerprint density at radius 1 is 1.00 bits per heavy atom. The van der Waals surface area contributed by atoms with Gasteiger partial charge in [-0.1, -0.05) is 12.1 Å². The highest BCUT2D eigenvalue weighted by molar-refractivity contribution is 6.04. The highest BCUT2D eigenvalue weighted by Crippen LogP contribution is 2.19. The summed E-state index contributed by atoms with van der Waals surface area (Å²) in [6.07, 6.45) is 3.17. The zero-order chi connectivity index (χ0) is 17.2. The van der Waals surface area contributed by atoms with E-state index in [9.17, 15) is 9.59 Å². The molecule has 0 unspecified atom stereocenters. The summed E-state index contributed by atoms with van der Waals surface area (Å²) in [7, 11) is 0. The number of nitrogens with one attached hydrogen (secondary N) is 2. The molecule has 0 aliphatic carbocycles. The van der Waals surface area contributed by atoms with Gasteiger partial charge in [0.25, 0.3) is 5.91 Å². The van der Waals surface area contributed by atoms with Gasteiger partial charge in [0, 0.05) is 23.6 Å². The second-order valence-electron chi connectivity index (χ2n) is 5.55. The number of carbonyl (C=O) groups excluding carboxylic acids is 1. The molecule has 0 radical (unpaired) electrons. The number of hydrogen-bond acceptors (Lipinski definition) is 3. The molecule has 4 rings (SSSR count). The van der Waals surface area contributed by atoms with Gasteiger partial charge in [-0.3, -0.25) is 14.2 Å². The van der Waals surface area contributed by atoms with E-state index in [4.69, 9.17) is 0 Å². The Morgan fingerprint density at radius 2 is 1.80 bits per heavy atom. The predicted molar refractivity (Wildman–Crippen MR) is 96.1 cm³/mol. The van der Waals surface area contributed by atoms with Crippen molar-refractivity contribution >= 4 is 22.6 Å². The number of fused-ring (bicyclic) bond motifs is 1. The standard InChI is InChI=1S/C19H14N4O2/c24-18-10-5-13(11-20-18)19(25)22-14-6-8-15(9-7-14)23-12-21-16-3-1-2-4-17(16)23/h1-12H,(H,20,24)(H,22,25). The van der Waals surface area contributed by atoms with Gasteiger partial charge in [0.1, 0.15) is 6.33 Å². The van der Waals surface area contributed by atoms with Crippen LogP contribution in [0.2, 0.25) is 0 Å². The summed E-state index contributed by atoms with van der Waals surface area (Å²) in [5.41, 5.74) is 3.73. The number of para-hydroxylation sites is 2. The van der Waals surface area contributed by atoms with Crippen molar-refractivity contribution in [2.75, 3.05) is 5.32 Å². The van der Waals surface area contributed by atoms with Crippen LogP contribution in [0.25, 0.3) is 16.7 Å². The number of H-pyrrole nitrogens is 1. The Balaban J connectivity index is 1.57. The van der Waals surface area contributed by atoms with Gasteiger partial charge in [-0.05, 0) is 42.5 Å². The topological polar surface area (TPSA) is 79.8 Å². The average molecular weight is 330 g/mol. The number of aromatic nitrogens is 3. The number of rotatable bonds is 3. The molecule has 2 N–H and O–H groups in total. The van der Waals surface area contributed by atoms with E-state index in [-0.39, 0.29) is 11.5 Å². The first-order chi connectivity index (χ1) is 12.2. The Kier molecular flexibility index (Phi) is 3.63. The molecule has 0 aliphatic heterocycles. The maximum Gasteiger partial charge on any atom is 0.257 e. The SMILES string of the molecule is O=C(Nc1ccc(-n2cnc3ccccc32)cc1)c1ccc(=O)[nH]c1. The van der Waals surface area contributed by atoms with Crippen LogP contribution in [0.4, 0.5) is 5.69 Å². The number of pyridine rings is 1. The van der Waals surface area contributed by atoms with Crippen molar-refractivity contribution in [3.8, 4) is 5.69 Å². The maximum absolute atomic E-state index is 12.2. The molecule has 1 amide bonds. The Morgan fingerprint density at radius 3 is 2.56 bits per heavy atom. The van der Waals surface area contributed by atoms with Gasteiger partial charge >= 0.3 is 0 Å². The molecule has 6 nitrogen and oxygen atoms in total. The molecule has 4 aromatic rings. The van der Waals surface area contributed by atoms with Gasteiger partial charge in [0.05, 0.1) is 16.6 Å². The van der Waals surface area contributed by atoms with E-state index in [1.165, 1.54) is 18.3 Å². The van der Waals surface area contributed by atoms with Gasteiger partial charge in [-0.25, -0.2) is 4.98 Å². The van der Waals surface area contributed by atoms with Crippen LogP contribution in [0.5, 0.6) is 0 Å². The van der Waals surface area contributed by atoms with Crippen LogP contribution in [-0.2, 0) is 0 Å².